The van der Waals surface area contributed by atoms with Gasteiger partial charge in [0.1, 0.15) is 0 Å². The third kappa shape index (κ3) is 2.10. The molecule has 0 spiro atoms. The molecule has 0 bridgehead atoms. The summed E-state index contributed by atoms with van der Waals surface area (Å²) in [4.78, 5) is 11.1. The molecule has 1 rings (SSSR count). The van der Waals surface area contributed by atoms with Crippen molar-refractivity contribution in [1.29, 1.82) is 0 Å². The lowest BCUT2D eigenvalue weighted by Gasteiger charge is -2.09. The lowest BCUT2D eigenvalue weighted by Crippen LogP contribution is -2.36. The number of rotatable bonds is 0. The molecular weight excluding hydrogens is 166 g/mol. The summed E-state index contributed by atoms with van der Waals surface area (Å²) in [6.07, 6.45) is 2.21. The molecule has 0 radical (unpaired) electrons. The number of hydrogen-bond donors (Lipinski definition) is 2. The van der Waals surface area contributed by atoms with Crippen LogP contribution >= 0.6 is 0 Å². The summed E-state index contributed by atoms with van der Waals surface area (Å²) in [5, 5.41) is 12.2. The largest absolute Gasteiger partial charge is 0.369 e. The quantitative estimate of drug-likeness (QED) is 0.522. The van der Waals surface area contributed by atoms with E-state index in [1.807, 2.05) is 19.9 Å². The summed E-state index contributed by atoms with van der Waals surface area (Å²) in [7, 11) is 0. The van der Waals surface area contributed by atoms with Crippen molar-refractivity contribution in [1.82, 2.24) is 5.32 Å². The number of aliphatic hydroxyl groups is 1. The van der Waals surface area contributed by atoms with Crippen molar-refractivity contribution in [3.05, 3.63) is 11.6 Å². The van der Waals surface area contributed by atoms with E-state index in [2.05, 4.69) is 17.2 Å². The molecule has 70 valence electrons. The number of amides is 1. The highest BCUT2D eigenvalue weighted by molar-refractivity contribution is 5.90. The van der Waals surface area contributed by atoms with E-state index in [-0.39, 0.29) is 5.91 Å². The second kappa shape index (κ2) is 3.63. The smallest absolute Gasteiger partial charge is 0.264 e. The van der Waals surface area contributed by atoms with Gasteiger partial charge in [0.2, 0.25) is 5.60 Å². The van der Waals surface area contributed by atoms with Gasteiger partial charge in [-0.15, -0.1) is 0 Å². The standard InChI is InChI=1S/C10H13NO2/c1-3-8(2)4-5-10(13)6-7-11-9(10)12/h3,13H,6-7H2,1-2H3,(H,11,12). The Kier molecular flexibility index (Phi) is 2.74. The average Bonchev–Trinajstić information content (AvgIpc) is 2.44. The third-order valence-corrected chi connectivity index (χ3v) is 2.05. The minimum absolute atomic E-state index is 0.371. The van der Waals surface area contributed by atoms with Crippen LogP contribution in [0.25, 0.3) is 0 Å². The Balaban J connectivity index is 2.81. The molecule has 0 saturated carbocycles. The van der Waals surface area contributed by atoms with E-state index in [0.29, 0.717) is 13.0 Å². The maximum atomic E-state index is 11.1. The van der Waals surface area contributed by atoms with Crippen molar-refractivity contribution in [2.75, 3.05) is 6.54 Å². The van der Waals surface area contributed by atoms with Gasteiger partial charge in [-0.1, -0.05) is 17.9 Å². The predicted octanol–water partition coefficient (Wildman–Crippen LogP) is 0.207. The van der Waals surface area contributed by atoms with Crippen molar-refractivity contribution in [2.24, 2.45) is 0 Å². The van der Waals surface area contributed by atoms with Gasteiger partial charge in [-0.05, 0) is 19.4 Å². The van der Waals surface area contributed by atoms with Crippen molar-refractivity contribution >= 4 is 5.91 Å². The number of carbonyl (C=O) groups excluding carboxylic acids is 1. The third-order valence-electron chi connectivity index (χ3n) is 2.05. The Labute approximate surface area is 77.8 Å². The first kappa shape index (κ1) is 9.82. The molecule has 2 N–H and O–H groups in total. The Morgan fingerprint density at radius 2 is 2.46 bits per heavy atom. The van der Waals surface area contributed by atoms with Gasteiger partial charge in [-0.25, -0.2) is 0 Å². The molecule has 1 atom stereocenters. The number of allylic oxidation sites excluding steroid dienone is 2. The lowest BCUT2D eigenvalue weighted by molar-refractivity contribution is -0.130. The van der Waals surface area contributed by atoms with E-state index in [9.17, 15) is 9.90 Å². The maximum Gasteiger partial charge on any atom is 0.264 e. The van der Waals surface area contributed by atoms with Gasteiger partial charge >= 0.3 is 0 Å². The van der Waals surface area contributed by atoms with E-state index in [1.54, 1.807) is 0 Å². The summed E-state index contributed by atoms with van der Waals surface area (Å²) in [6, 6.07) is 0. The van der Waals surface area contributed by atoms with Gasteiger partial charge < -0.3 is 10.4 Å². The minimum Gasteiger partial charge on any atom is -0.369 e. The molecule has 3 heteroatoms. The molecule has 1 aliphatic heterocycles. The average molecular weight is 179 g/mol. The number of hydrogen-bond acceptors (Lipinski definition) is 2. The van der Waals surface area contributed by atoms with Gasteiger partial charge in [0.25, 0.3) is 5.91 Å². The minimum atomic E-state index is -1.47. The van der Waals surface area contributed by atoms with Gasteiger partial charge in [-0.3, -0.25) is 4.79 Å². The van der Waals surface area contributed by atoms with E-state index in [4.69, 9.17) is 0 Å². The molecule has 0 aliphatic carbocycles. The molecule has 3 nitrogen and oxygen atoms in total. The summed E-state index contributed by atoms with van der Waals surface area (Å²) in [5.41, 5.74) is -0.613. The number of nitrogens with one attached hydrogen (secondary N) is 1. The van der Waals surface area contributed by atoms with E-state index in [0.717, 1.165) is 5.57 Å². The zero-order chi connectivity index (χ0) is 9.90. The van der Waals surface area contributed by atoms with Crippen LogP contribution < -0.4 is 5.32 Å². The Bertz CT molecular complexity index is 309. The molecule has 0 aromatic rings. The van der Waals surface area contributed by atoms with Crippen LogP contribution in [0, 0.1) is 11.8 Å². The second-order valence-corrected chi connectivity index (χ2v) is 3.09. The second-order valence-electron chi connectivity index (χ2n) is 3.09. The summed E-state index contributed by atoms with van der Waals surface area (Å²) in [6.45, 7) is 4.20. The zero-order valence-electron chi connectivity index (χ0n) is 7.85. The van der Waals surface area contributed by atoms with Crippen LogP contribution in [0.4, 0.5) is 0 Å². The van der Waals surface area contributed by atoms with E-state index in [1.165, 1.54) is 0 Å². The Morgan fingerprint density at radius 1 is 1.77 bits per heavy atom. The fraction of sp³-hybridized carbons (Fsp3) is 0.500. The summed E-state index contributed by atoms with van der Waals surface area (Å²) < 4.78 is 0. The summed E-state index contributed by atoms with van der Waals surface area (Å²) in [5.74, 6) is 4.94. The molecule has 0 aromatic heterocycles. The van der Waals surface area contributed by atoms with Crippen LogP contribution in [-0.4, -0.2) is 23.2 Å². The Morgan fingerprint density at radius 3 is 2.92 bits per heavy atom. The van der Waals surface area contributed by atoms with Crippen LogP contribution in [0.5, 0.6) is 0 Å². The van der Waals surface area contributed by atoms with Gasteiger partial charge in [0.15, 0.2) is 0 Å². The zero-order valence-corrected chi connectivity index (χ0v) is 7.85. The van der Waals surface area contributed by atoms with Crippen LogP contribution in [0.3, 0.4) is 0 Å². The van der Waals surface area contributed by atoms with Crippen LogP contribution in [0.15, 0.2) is 11.6 Å². The molecule has 1 amide bonds. The molecule has 1 aliphatic rings. The summed E-state index contributed by atoms with van der Waals surface area (Å²) >= 11 is 0. The van der Waals surface area contributed by atoms with Crippen LogP contribution in [-0.2, 0) is 4.79 Å². The Hall–Kier alpha value is -1.27. The van der Waals surface area contributed by atoms with Crippen LogP contribution in [0.2, 0.25) is 0 Å². The predicted molar refractivity (Wildman–Crippen MR) is 49.8 cm³/mol. The molecule has 1 heterocycles. The molecule has 1 fully saturated rings. The molecule has 1 saturated heterocycles. The topological polar surface area (TPSA) is 49.3 Å². The van der Waals surface area contributed by atoms with Gasteiger partial charge in [0.05, 0.1) is 0 Å². The van der Waals surface area contributed by atoms with Gasteiger partial charge in [0, 0.05) is 13.0 Å². The number of carbonyl (C=O) groups is 1. The fourth-order valence-corrected chi connectivity index (χ4v) is 1.01. The first-order valence-corrected chi connectivity index (χ1v) is 4.25. The lowest BCUT2D eigenvalue weighted by atomic mass is 10.0. The monoisotopic (exact) mass is 179 g/mol. The van der Waals surface area contributed by atoms with Crippen molar-refractivity contribution < 1.29 is 9.90 Å². The SMILES string of the molecule is CC=C(C)C#CC1(O)CCNC1=O. The maximum absolute atomic E-state index is 11.1. The first-order valence-electron chi connectivity index (χ1n) is 4.25. The fourth-order valence-electron chi connectivity index (χ4n) is 1.01. The first-order chi connectivity index (χ1) is 6.08. The molecule has 13 heavy (non-hydrogen) atoms. The van der Waals surface area contributed by atoms with Crippen molar-refractivity contribution in [2.45, 2.75) is 25.9 Å². The van der Waals surface area contributed by atoms with Crippen molar-refractivity contribution in [3.63, 3.8) is 0 Å². The van der Waals surface area contributed by atoms with Gasteiger partial charge in [-0.2, -0.15) is 0 Å². The highest BCUT2D eigenvalue weighted by Gasteiger charge is 2.38. The molecular formula is C10H13NO2. The highest BCUT2D eigenvalue weighted by Crippen LogP contribution is 2.14. The molecule has 1 unspecified atom stereocenters. The normalized spacial score (nSPS) is 27.9. The molecule has 0 aromatic carbocycles. The van der Waals surface area contributed by atoms with Crippen molar-refractivity contribution in [3.8, 4) is 11.8 Å². The highest BCUT2D eigenvalue weighted by atomic mass is 16.3. The van der Waals surface area contributed by atoms with E-state index < -0.39 is 5.60 Å². The van der Waals surface area contributed by atoms with E-state index >= 15 is 0 Å². The van der Waals surface area contributed by atoms with Crippen LogP contribution in [0.1, 0.15) is 20.3 Å².